The van der Waals surface area contributed by atoms with Crippen molar-refractivity contribution in [3.05, 3.63) is 65.6 Å². The molecule has 1 aromatic carbocycles. The van der Waals surface area contributed by atoms with Gasteiger partial charge >= 0.3 is 0 Å². The molecule has 0 spiro atoms. The van der Waals surface area contributed by atoms with Gasteiger partial charge in [0.1, 0.15) is 17.4 Å². The molecule has 0 bridgehead atoms. The van der Waals surface area contributed by atoms with Crippen LogP contribution in [0.5, 0.6) is 0 Å². The van der Waals surface area contributed by atoms with E-state index in [1.165, 1.54) is 17.2 Å². The van der Waals surface area contributed by atoms with Gasteiger partial charge in [-0.15, -0.1) is 0 Å². The van der Waals surface area contributed by atoms with Gasteiger partial charge in [-0.2, -0.15) is 5.26 Å². The van der Waals surface area contributed by atoms with Crippen LogP contribution in [0.4, 0.5) is 8.78 Å². The third-order valence-electron chi connectivity index (χ3n) is 3.12. The van der Waals surface area contributed by atoms with Gasteiger partial charge in [-0.25, -0.2) is 8.78 Å². The number of hydrogen-bond acceptors (Lipinski definition) is 3. The van der Waals surface area contributed by atoms with Crippen LogP contribution in [-0.2, 0) is 11.3 Å². The molecular formula is C17H14F2N2O2. The summed E-state index contributed by atoms with van der Waals surface area (Å²) < 4.78 is 32.2. The second kappa shape index (κ2) is 7.90. The maximum absolute atomic E-state index is 13.5. The van der Waals surface area contributed by atoms with Crippen LogP contribution in [-0.4, -0.2) is 17.4 Å². The average Bonchev–Trinajstić information content (AvgIpc) is 3.03. The molecule has 2 aromatic rings. The van der Waals surface area contributed by atoms with Crippen molar-refractivity contribution in [1.82, 2.24) is 4.90 Å². The lowest BCUT2D eigenvalue weighted by Crippen LogP contribution is -2.29. The number of hydrogen-bond donors (Lipinski definition) is 0. The van der Waals surface area contributed by atoms with E-state index in [0.717, 1.165) is 24.3 Å². The molecule has 0 radical (unpaired) electrons. The zero-order valence-electron chi connectivity index (χ0n) is 12.2. The fourth-order valence-electron chi connectivity index (χ4n) is 1.97. The lowest BCUT2D eigenvalue weighted by molar-refractivity contribution is -0.126. The van der Waals surface area contributed by atoms with Gasteiger partial charge in [-0.05, 0) is 30.3 Å². The lowest BCUT2D eigenvalue weighted by Gasteiger charge is -2.18. The normalized spacial score (nSPS) is 10.7. The summed E-state index contributed by atoms with van der Waals surface area (Å²) in [6.07, 6.45) is 3.80. The number of carbonyl (C=O) groups is 1. The highest BCUT2D eigenvalue weighted by atomic mass is 19.1. The zero-order chi connectivity index (χ0) is 16.7. The molecule has 0 fully saturated rings. The van der Waals surface area contributed by atoms with Crippen LogP contribution >= 0.6 is 0 Å². The van der Waals surface area contributed by atoms with Crippen molar-refractivity contribution >= 4 is 12.0 Å². The van der Waals surface area contributed by atoms with E-state index in [-0.39, 0.29) is 25.1 Å². The minimum atomic E-state index is -0.747. The minimum absolute atomic E-state index is 0.147. The van der Waals surface area contributed by atoms with E-state index in [1.54, 1.807) is 12.1 Å². The standard InChI is InChI=1S/C17H14F2N2O2/c18-15-5-1-6-16(19)14(15)7-8-17(22)21(10-3-9-20)12-13-4-2-11-23-13/h1-2,4-8,11H,3,10,12H2/b8-7-. The van der Waals surface area contributed by atoms with Crippen molar-refractivity contribution in [3.8, 4) is 6.07 Å². The third kappa shape index (κ3) is 4.51. The topological polar surface area (TPSA) is 57.2 Å². The van der Waals surface area contributed by atoms with Crippen LogP contribution in [0.15, 0.2) is 47.1 Å². The highest BCUT2D eigenvalue weighted by Crippen LogP contribution is 2.14. The molecule has 0 unspecified atom stereocenters. The first kappa shape index (κ1) is 16.4. The summed E-state index contributed by atoms with van der Waals surface area (Å²) in [4.78, 5) is 13.6. The van der Waals surface area contributed by atoms with E-state index in [9.17, 15) is 13.6 Å². The molecule has 118 valence electrons. The van der Waals surface area contributed by atoms with Crippen molar-refractivity contribution in [2.24, 2.45) is 0 Å². The number of amides is 1. The second-order valence-corrected chi connectivity index (χ2v) is 4.72. The summed E-state index contributed by atoms with van der Waals surface area (Å²) in [6, 6.07) is 8.82. The Morgan fingerprint density at radius 2 is 2.00 bits per heavy atom. The fourth-order valence-corrected chi connectivity index (χ4v) is 1.97. The Hall–Kier alpha value is -2.94. The van der Waals surface area contributed by atoms with Crippen LogP contribution in [0, 0.1) is 23.0 Å². The summed E-state index contributed by atoms with van der Waals surface area (Å²) in [5.41, 5.74) is -0.279. The van der Waals surface area contributed by atoms with Crippen LogP contribution in [0.1, 0.15) is 17.7 Å². The van der Waals surface area contributed by atoms with Gasteiger partial charge in [0.05, 0.1) is 25.3 Å². The van der Waals surface area contributed by atoms with E-state index in [2.05, 4.69) is 0 Å². The second-order valence-electron chi connectivity index (χ2n) is 4.72. The van der Waals surface area contributed by atoms with Crippen LogP contribution in [0.2, 0.25) is 0 Å². The van der Waals surface area contributed by atoms with E-state index >= 15 is 0 Å². The summed E-state index contributed by atoms with van der Waals surface area (Å²) >= 11 is 0. The SMILES string of the molecule is N#CCCN(Cc1ccco1)C(=O)/C=C\c1c(F)cccc1F. The van der Waals surface area contributed by atoms with Gasteiger partial charge in [0, 0.05) is 18.2 Å². The molecular weight excluding hydrogens is 302 g/mol. The molecule has 0 aliphatic carbocycles. The number of carbonyl (C=O) groups excluding carboxylic acids is 1. The zero-order valence-corrected chi connectivity index (χ0v) is 12.2. The van der Waals surface area contributed by atoms with Crippen molar-refractivity contribution in [2.75, 3.05) is 6.54 Å². The third-order valence-corrected chi connectivity index (χ3v) is 3.12. The van der Waals surface area contributed by atoms with Crippen molar-refractivity contribution in [2.45, 2.75) is 13.0 Å². The largest absolute Gasteiger partial charge is 0.467 e. The number of rotatable bonds is 6. The fraction of sp³-hybridized carbons (Fsp3) is 0.176. The molecule has 0 saturated heterocycles. The Bertz CT molecular complexity index is 713. The van der Waals surface area contributed by atoms with Crippen LogP contribution in [0.3, 0.4) is 0 Å². The first-order chi connectivity index (χ1) is 11.1. The molecule has 1 amide bonds. The van der Waals surface area contributed by atoms with E-state index < -0.39 is 17.5 Å². The molecule has 0 saturated carbocycles. The van der Waals surface area contributed by atoms with Crippen molar-refractivity contribution < 1.29 is 18.0 Å². The highest BCUT2D eigenvalue weighted by Gasteiger charge is 2.13. The Morgan fingerprint density at radius 3 is 2.61 bits per heavy atom. The lowest BCUT2D eigenvalue weighted by atomic mass is 10.2. The molecule has 6 heteroatoms. The van der Waals surface area contributed by atoms with Crippen LogP contribution in [0.25, 0.3) is 6.08 Å². The van der Waals surface area contributed by atoms with E-state index in [0.29, 0.717) is 5.76 Å². The first-order valence-electron chi connectivity index (χ1n) is 6.92. The van der Waals surface area contributed by atoms with E-state index in [1.807, 2.05) is 6.07 Å². The number of halogens is 2. The molecule has 0 N–H and O–H groups in total. The maximum Gasteiger partial charge on any atom is 0.247 e. The van der Waals surface area contributed by atoms with E-state index in [4.69, 9.17) is 9.68 Å². The van der Waals surface area contributed by atoms with Gasteiger partial charge < -0.3 is 9.32 Å². The molecule has 1 aromatic heterocycles. The molecule has 4 nitrogen and oxygen atoms in total. The highest BCUT2D eigenvalue weighted by molar-refractivity contribution is 5.91. The smallest absolute Gasteiger partial charge is 0.247 e. The molecule has 23 heavy (non-hydrogen) atoms. The molecule has 1 heterocycles. The predicted molar refractivity (Wildman–Crippen MR) is 79.7 cm³/mol. The monoisotopic (exact) mass is 316 g/mol. The molecule has 0 aliphatic heterocycles. The number of nitrogens with zero attached hydrogens (tertiary/aromatic N) is 2. The molecule has 0 aliphatic rings. The van der Waals surface area contributed by atoms with Gasteiger partial charge in [0.2, 0.25) is 5.91 Å². The van der Waals surface area contributed by atoms with Gasteiger partial charge in [0.25, 0.3) is 0 Å². The Kier molecular flexibility index (Phi) is 5.64. The Morgan fingerprint density at radius 1 is 1.26 bits per heavy atom. The summed E-state index contributed by atoms with van der Waals surface area (Å²) in [5, 5.41) is 8.68. The summed E-state index contributed by atoms with van der Waals surface area (Å²) in [6.45, 7) is 0.373. The predicted octanol–water partition coefficient (Wildman–Crippen LogP) is 3.51. The van der Waals surface area contributed by atoms with Gasteiger partial charge in [0.15, 0.2) is 0 Å². The average molecular weight is 316 g/mol. The van der Waals surface area contributed by atoms with Crippen molar-refractivity contribution in [1.29, 1.82) is 5.26 Å². The summed E-state index contributed by atoms with van der Waals surface area (Å²) in [7, 11) is 0. The Labute approximate surface area is 132 Å². The molecule has 2 rings (SSSR count). The summed E-state index contributed by atoms with van der Waals surface area (Å²) in [5.74, 6) is -1.40. The quantitative estimate of drug-likeness (QED) is 0.766. The first-order valence-corrected chi connectivity index (χ1v) is 6.92. The maximum atomic E-state index is 13.5. The van der Waals surface area contributed by atoms with Crippen molar-refractivity contribution in [3.63, 3.8) is 0 Å². The molecule has 0 atom stereocenters. The minimum Gasteiger partial charge on any atom is -0.467 e. The number of furan rings is 1. The van der Waals surface area contributed by atoms with Gasteiger partial charge in [-0.3, -0.25) is 4.79 Å². The number of benzene rings is 1. The Balaban J connectivity index is 2.13. The van der Waals surface area contributed by atoms with Crippen LogP contribution < -0.4 is 0 Å². The van der Waals surface area contributed by atoms with Gasteiger partial charge in [-0.1, -0.05) is 6.07 Å². The number of nitriles is 1.